The molecule has 3 heteroatoms. The van der Waals surface area contributed by atoms with Crippen molar-refractivity contribution >= 4 is 21.6 Å². The fourth-order valence-corrected chi connectivity index (χ4v) is 2.05. The van der Waals surface area contributed by atoms with E-state index >= 15 is 0 Å². The summed E-state index contributed by atoms with van der Waals surface area (Å²) in [5, 5.41) is 12.2. The van der Waals surface area contributed by atoms with Crippen LogP contribution >= 0.6 is 15.9 Å². The second-order valence-electron chi connectivity index (χ2n) is 4.65. The second kappa shape index (κ2) is 4.47. The molecular formula is C13H15BrN2. The highest BCUT2D eigenvalue weighted by molar-refractivity contribution is 9.10. The average molecular weight is 279 g/mol. The van der Waals surface area contributed by atoms with Gasteiger partial charge in [-0.05, 0) is 43.5 Å². The molecule has 0 bridgehead atoms. The fraction of sp³-hybridized carbons (Fsp3) is 0.462. The molecule has 1 saturated carbocycles. The topological polar surface area (TPSA) is 35.8 Å². The van der Waals surface area contributed by atoms with E-state index in [1.54, 1.807) is 0 Å². The number of rotatable bonds is 4. The molecule has 1 N–H and O–H groups in total. The lowest BCUT2D eigenvalue weighted by Crippen LogP contribution is -2.14. The highest BCUT2D eigenvalue weighted by Gasteiger charge is 2.42. The molecule has 1 aliphatic carbocycles. The fourth-order valence-electron chi connectivity index (χ4n) is 1.80. The van der Waals surface area contributed by atoms with Crippen LogP contribution in [0.5, 0.6) is 0 Å². The lowest BCUT2D eigenvalue weighted by molar-refractivity contribution is 0.557. The van der Waals surface area contributed by atoms with Crippen molar-refractivity contribution in [2.75, 3.05) is 11.9 Å². The Morgan fingerprint density at radius 1 is 1.50 bits per heavy atom. The molecule has 1 fully saturated rings. The van der Waals surface area contributed by atoms with Crippen LogP contribution in [-0.4, -0.2) is 6.54 Å². The first-order valence-corrected chi connectivity index (χ1v) is 6.31. The number of nitrogens with one attached hydrogen (secondary N) is 1. The first kappa shape index (κ1) is 11.5. The summed E-state index contributed by atoms with van der Waals surface area (Å²) in [5.41, 5.74) is 2.63. The van der Waals surface area contributed by atoms with Crippen LogP contribution in [0.4, 0.5) is 5.69 Å². The van der Waals surface area contributed by atoms with Crippen molar-refractivity contribution in [1.29, 1.82) is 5.26 Å². The number of hydrogen-bond donors (Lipinski definition) is 1. The molecule has 0 atom stereocenters. The normalized spacial score (nSPS) is 16.6. The molecule has 2 nitrogen and oxygen atoms in total. The van der Waals surface area contributed by atoms with Crippen LogP contribution in [-0.2, 0) is 0 Å². The number of halogens is 1. The van der Waals surface area contributed by atoms with E-state index in [2.05, 4.69) is 52.4 Å². The molecule has 0 amide bonds. The Bertz CT molecular complexity index is 430. The second-order valence-corrected chi connectivity index (χ2v) is 5.51. The highest BCUT2D eigenvalue weighted by Crippen LogP contribution is 2.48. The van der Waals surface area contributed by atoms with E-state index in [1.165, 1.54) is 18.4 Å². The van der Waals surface area contributed by atoms with Crippen molar-refractivity contribution in [3.05, 3.63) is 28.2 Å². The van der Waals surface area contributed by atoms with Gasteiger partial charge < -0.3 is 5.32 Å². The van der Waals surface area contributed by atoms with Crippen molar-refractivity contribution in [1.82, 2.24) is 0 Å². The number of benzene rings is 1. The van der Waals surface area contributed by atoms with Gasteiger partial charge in [-0.2, -0.15) is 5.26 Å². The summed E-state index contributed by atoms with van der Waals surface area (Å²) in [6.45, 7) is 3.00. The van der Waals surface area contributed by atoms with Gasteiger partial charge in [0.1, 0.15) is 0 Å². The zero-order valence-corrected chi connectivity index (χ0v) is 11.0. The quantitative estimate of drug-likeness (QED) is 0.908. The molecule has 0 unspecified atom stereocenters. The number of anilines is 1. The Morgan fingerprint density at radius 2 is 2.25 bits per heavy atom. The SMILES string of the molecule is Cc1cc(NCC2(CC#N)CC2)ccc1Br. The third-order valence-electron chi connectivity index (χ3n) is 3.24. The van der Waals surface area contributed by atoms with Gasteiger partial charge in [0.2, 0.25) is 0 Å². The molecule has 0 aliphatic heterocycles. The average Bonchev–Trinajstić information content (AvgIpc) is 3.01. The van der Waals surface area contributed by atoms with E-state index < -0.39 is 0 Å². The number of nitriles is 1. The minimum absolute atomic E-state index is 0.260. The molecule has 1 aliphatic rings. The zero-order chi connectivity index (χ0) is 11.6. The Kier molecular flexibility index (Phi) is 3.20. The van der Waals surface area contributed by atoms with E-state index in [-0.39, 0.29) is 5.41 Å². The van der Waals surface area contributed by atoms with E-state index in [9.17, 15) is 0 Å². The van der Waals surface area contributed by atoms with Crippen molar-refractivity contribution < 1.29 is 0 Å². The van der Waals surface area contributed by atoms with Crippen molar-refractivity contribution in [2.45, 2.75) is 26.2 Å². The number of nitrogens with zero attached hydrogens (tertiary/aromatic N) is 1. The Hall–Kier alpha value is -1.01. The van der Waals surface area contributed by atoms with E-state index in [1.807, 2.05) is 0 Å². The third kappa shape index (κ3) is 2.56. The lowest BCUT2D eigenvalue weighted by Gasteiger charge is -2.14. The molecule has 2 rings (SSSR count). The van der Waals surface area contributed by atoms with E-state index in [0.29, 0.717) is 6.42 Å². The van der Waals surface area contributed by atoms with Gasteiger partial charge in [-0.25, -0.2) is 0 Å². The monoisotopic (exact) mass is 278 g/mol. The molecule has 84 valence electrons. The molecule has 0 spiro atoms. The predicted molar refractivity (Wildman–Crippen MR) is 69.3 cm³/mol. The lowest BCUT2D eigenvalue weighted by atomic mass is 10.0. The molecule has 0 radical (unpaired) electrons. The largest absolute Gasteiger partial charge is 0.384 e. The van der Waals surface area contributed by atoms with Gasteiger partial charge in [0, 0.05) is 28.5 Å². The van der Waals surface area contributed by atoms with Gasteiger partial charge in [-0.3, -0.25) is 0 Å². The Labute approximate surface area is 105 Å². The maximum Gasteiger partial charge on any atom is 0.0628 e. The smallest absolute Gasteiger partial charge is 0.0628 e. The highest BCUT2D eigenvalue weighted by atomic mass is 79.9. The Balaban J connectivity index is 1.95. The molecule has 1 aromatic rings. The van der Waals surface area contributed by atoms with E-state index in [4.69, 9.17) is 5.26 Å². The van der Waals surface area contributed by atoms with Crippen LogP contribution in [0.25, 0.3) is 0 Å². The molecule has 0 aromatic heterocycles. The standard InChI is InChI=1S/C13H15BrN2/c1-10-8-11(2-3-12(10)14)16-9-13(4-5-13)6-7-15/h2-3,8,16H,4-6,9H2,1H3. The molecule has 1 aromatic carbocycles. The van der Waals surface area contributed by atoms with Crippen molar-refractivity contribution in [3.63, 3.8) is 0 Å². The van der Waals surface area contributed by atoms with Crippen molar-refractivity contribution in [2.24, 2.45) is 5.41 Å². The summed E-state index contributed by atoms with van der Waals surface area (Å²) in [6.07, 6.45) is 3.04. The zero-order valence-electron chi connectivity index (χ0n) is 9.39. The predicted octanol–water partition coefficient (Wildman–Crippen LogP) is 3.86. The van der Waals surface area contributed by atoms with Crippen LogP contribution in [0.3, 0.4) is 0 Å². The molecular weight excluding hydrogens is 264 g/mol. The summed E-state index contributed by atoms with van der Waals surface area (Å²) < 4.78 is 1.14. The summed E-state index contributed by atoms with van der Waals surface area (Å²) >= 11 is 3.49. The molecule has 0 saturated heterocycles. The minimum Gasteiger partial charge on any atom is -0.384 e. The summed E-state index contributed by atoms with van der Waals surface area (Å²) in [5.74, 6) is 0. The maximum absolute atomic E-state index is 8.74. The maximum atomic E-state index is 8.74. The van der Waals surface area contributed by atoms with Crippen molar-refractivity contribution in [3.8, 4) is 6.07 Å². The van der Waals surface area contributed by atoms with Gasteiger partial charge in [0.15, 0.2) is 0 Å². The third-order valence-corrected chi connectivity index (χ3v) is 4.13. The first-order valence-electron chi connectivity index (χ1n) is 5.52. The van der Waals surface area contributed by atoms with Gasteiger partial charge >= 0.3 is 0 Å². The van der Waals surface area contributed by atoms with Gasteiger partial charge in [0.25, 0.3) is 0 Å². The van der Waals surface area contributed by atoms with Crippen LogP contribution in [0.2, 0.25) is 0 Å². The van der Waals surface area contributed by atoms with Crippen LogP contribution in [0.1, 0.15) is 24.8 Å². The number of hydrogen-bond acceptors (Lipinski definition) is 2. The van der Waals surface area contributed by atoms with Gasteiger partial charge in [-0.1, -0.05) is 15.9 Å². The van der Waals surface area contributed by atoms with Crippen LogP contribution in [0, 0.1) is 23.7 Å². The summed E-state index contributed by atoms with van der Waals surface area (Å²) in [4.78, 5) is 0. The minimum atomic E-state index is 0.260. The summed E-state index contributed by atoms with van der Waals surface area (Å²) in [7, 11) is 0. The van der Waals surface area contributed by atoms with Crippen LogP contribution < -0.4 is 5.32 Å². The van der Waals surface area contributed by atoms with E-state index in [0.717, 1.165) is 16.7 Å². The molecule has 0 heterocycles. The molecule has 16 heavy (non-hydrogen) atoms. The Morgan fingerprint density at radius 3 is 2.81 bits per heavy atom. The van der Waals surface area contributed by atoms with Gasteiger partial charge in [0.05, 0.1) is 6.07 Å². The summed E-state index contributed by atoms with van der Waals surface area (Å²) in [6, 6.07) is 8.54. The first-order chi connectivity index (χ1) is 7.65. The van der Waals surface area contributed by atoms with Crippen LogP contribution in [0.15, 0.2) is 22.7 Å². The number of aryl methyl sites for hydroxylation is 1. The van der Waals surface area contributed by atoms with Gasteiger partial charge in [-0.15, -0.1) is 0 Å².